The van der Waals surface area contributed by atoms with Crippen LogP contribution in [-0.4, -0.2) is 85.3 Å². The lowest BCUT2D eigenvalue weighted by atomic mass is 9.88. The van der Waals surface area contributed by atoms with E-state index in [1.807, 2.05) is 109 Å². The molecule has 3 unspecified atom stereocenters. The smallest absolute Gasteiger partial charge is 0.252 e. The van der Waals surface area contributed by atoms with Crippen molar-refractivity contribution in [1.29, 1.82) is 0 Å². The van der Waals surface area contributed by atoms with Gasteiger partial charge in [0.1, 0.15) is 40.4 Å². The molecule has 0 bridgehead atoms. The molecule has 14 nitrogen and oxygen atoms in total. The van der Waals surface area contributed by atoms with Gasteiger partial charge in [-0.2, -0.15) is 0 Å². The van der Waals surface area contributed by atoms with Crippen molar-refractivity contribution in [2.45, 2.75) is 56.2 Å². The molecule has 0 aliphatic heterocycles. The van der Waals surface area contributed by atoms with Crippen LogP contribution in [0.3, 0.4) is 0 Å². The molecule has 11 rings (SSSR count). The van der Waals surface area contributed by atoms with E-state index in [9.17, 15) is 39.6 Å². The Morgan fingerprint density at radius 1 is 0.427 bits per heavy atom. The second-order valence-electron chi connectivity index (χ2n) is 21.8. The van der Waals surface area contributed by atoms with E-state index >= 15 is 0 Å². The highest BCUT2D eigenvalue weighted by Gasteiger charge is 2.28. The highest BCUT2D eigenvalue weighted by Crippen LogP contribution is 2.34. The Balaban J connectivity index is 0.000000197. The van der Waals surface area contributed by atoms with Crippen LogP contribution in [0, 0.1) is 0 Å². The molecule has 0 radical (unpaired) electrons. The maximum atomic E-state index is 13.7. The number of phenols is 3. The van der Waals surface area contributed by atoms with Crippen molar-refractivity contribution in [2.75, 3.05) is 13.1 Å². The van der Waals surface area contributed by atoms with Crippen LogP contribution in [0.15, 0.2) is 255 Å². The van der Waals surface area contributed by atoms with Crippen LogP contribution in [0.1, 0.15) is 80.1 Å². The molecule has 0 saturated carbocycles. The van der Waals surface area contributed by atoms with E-state index in [4.69, 9.17) is 0 Å². The maximum absolute atomic E-state index is 13.7. The molecule has 14 heteroatoms. The summed E-state index contributed by atoms with van der Waals surface area (Å²) in [5, 5.41) is 54.4. The summed E-state index contributed by atoms with van der Waals surface area (Å²) in [7, 11) is 0. The molecule has 2 heterocycles. The first-order valence-electron chi connectivity index (χ1n) is 29.5. The molecule has 8 N–H and O–H groups in total. The van der Waals surface area contributed by atoms with E-state index in [1.165, 1.54) is 6.92 Å². The van der Waals surface area contributed by atoms with Gasteiger partial charge in [-0.05, 0) is 143 Å². The number of phenolic OH excluding ortho intramolecular Hbond substituents is 3. The summed E-state index contributed by atoms with van der Waals surface area (Å²) in [6.07, 6.45) is 3.70. The first kappa shape index (κ1) is 61.1. The Kier molecular flexibility index (Phi) is 20.2. The van der Waals surface area contributed by atoms with Crippen LogP contribution >= 0.6 is 0 Å². The van der Waals surface area contributed by atoms with Crippen LogP contribution < -0.4 is 21.3 Å². The number of pyridine rings is 2. The number of carbonyl (C=O) groups excluding carboxylic acids is 4. The third-order valence-electron chi connectivity index (χ3n) is 15.6. The summed E-state index contributed by atoms with van der Waals surface area (Å²) in [4.78, 5) is 62.1. The lowest BCUT2D eigenvalue weighted by molar-refractivity contribution is -0.125. The average molecular weight is 1180 g/mol. The Bertz CT molecular complexity index is 4110. The number of hydrogen-bond donors (Lipinski definition) is 8. The van der Waals surface area contributed by atoms with Crippen molar-refractivity contribution in [3.63, 3.8) is 0 Å². The number of aliphatic hydroxyl groups is 1. The molecule has 0 fully saturated rings. The fourth-order valence-corrected chi connectivity index (χ4v) is 11.0. The monoisotopic (exact) mass is 1180 g/mol. The first-order chi connectivity index (χ1) is 43.3. The Hall–Kier alpha value is -11.0. The molecular formula is C75H68N6O8. The lowest BCUT2D eigenvalue weighted by Crippen LogP contribution is -2.52. The molecule has 0 aliphatic rings. The molecule has 11 aromatic rings. The SMILES string of the molecule is CC(O)C(NC(=O)c1cccc(-c2cc(O)c3ncccc3c2)c1)C(=O)NCCC(c1ccccc1)c1ccccc1.O=C(NC(Cc1ccc(O)cc1)C(=O)NCCC(c1ccccc1)c1ccccc1)c1cccc(-c2cc(O)c3ncccc3c2)c1. The predicted molar refractivity (Wildman–Crippen MR) is 348 cm³/mol. The van der Waals surface area contributed by atoms with Crippen molar-refractivity contribution in [3.8, 4) is 39.5 Å². The second-order valence-corrected chi connectivity index (χ2v) is 21.8. The van der Waals surface area contributed by atoms with E-state index < -0.39 is 35.9 Å². The van der Waals surface area contributed by atoms with E-state index in [-0.39, 0.29) is 41.4 Å². The van der Waals surface area contributed by atoms with E-state index in [0.717, 1.165) is 60.8 Å². The summed E-state index contributed by atoms with van der Waals surface area (Å²) in [5.74, 6) is -1.24. The van der Waals surface area contributed by atoms with Crippen LogP contribution in [-0.2, 0) is 16.0 Å². The van der Waals surface area contributed by atoms with Gasteiger partial charge in [0.25, 0.3) is 11.8 Å². The number of aromatic nitrogens is 2. The third kappa shape index (κ3) is 15.9. The topological polar surface area (TPSA) is 223 Å². The number of nitrogens with one attached hydrogen (secondary N) is 4. The zero-order valence-corrected chi connectivity index (χ0v) is 49.0. The Morgan fingerprint density at radius 2 is 0.843 bits per heavy atom. The third-order valence-corrected chi connectivity index (χ3v) is 15.6. The minimum atomic E-state index is -1.14. The van der Waals surface area contributed by atoms with Crippen LogP contribution in [0.5, 0.6) is 17.2 Å². The van der Waals surface area contributed by atoms with Gasteiger partial charge in [-0.3, -0.25) is 29.1 Å². The maximum Gasteiger partial charge on any atom is 0.252 e. The van der Waals surface area contributed by atoms with Gasteiger partial charge in [-0.15, -0.1) is 0 Å². The quantitative estimate of drug-likeness (QED) is 0.0340. The van der Waals surface area contributed by atoms with Gasteiger partial charge in [0.15, 0.2) is 0 Å². The second kappa shape index (κ2) is 29.4. The molecule has 0 aliphatic carbocycles. The molecule has 446 valence electrons. The van der Waals surface area contributed by atoms with Crippen LogP contribution in [0.4, 0.5) is 0 Å². The van der Waals surface area contributed by atoms with Gasteiger partial charge in [0.2, 0.25) is 11.8 Å². The molecule has 9 aromatic carbocycles. The number of fused-ring (bicyclic) bond motifs is 2. The fourth-order valence-electron chi connectivity index (χ4n) is 11.0. The van der Waals surface area contributed by atoms with Crippen molar-refractivity contribution in [2.24, 2.45) is 0 Å². The van der Waals surface area contributed by atoms with Gasteiger partial charge in [-0.25, -0.2) is 0 Å². The summed E-state index contributed by atoms with van der Waals surface area (Å²) in [5.41, 5.74) is 10.0. The van der Waals surface area contributed by atoms with Crippen molar-refractivity contribution in [1.82, 2.24) is 31.2 Å². The zero-order chi connectivity index (χ0) is 62.1. The first-order valence-corrected chi connectivity index (χ1v) is 29.5. The number of aliphatic hydroxyl groups excluding tert-OH is 1. The molecule has 0 saturated heterocycles. The summed E-state index contributed by atoms with van der Waals surface area (Å²) >= 11 is 0. The van der Waals surface area contributed by atoms with Gasteiger partial charge in [-0.1, -0.05) is 170 Å². The van der Waals surface area contributed by atoms with Gasteiger partial charge < -0.3 is 41.7 Å². The Labute approximate surface area is 516 Å². The number of aromatic hydroxyl groups is 3. The van der Waals surface area contributed by atoms with Crippen molar-refractivity contribution < 1.29 is 39.6 Å². The standard InChI is InChI=1S/C40H35N3O4.C35H33N3O4/c44-34-18-16-27(17-19-34)23-36(40(47)42-22-20-35(28-9-3-1-4-10-28)29-11-5-2-6-12-29)43-39(46)32-14-7-13-30(24-32)33-25-31-15-8-21-41-38(31)37(45)26-33;1-23(39)32(35(42)37-19-17-30(24-10-4-2-5-11-24)25-12-6-3-7-13-25)38-34(41)28-15-8-14-26(20-28)29-21-27-16-9-18-36-33(27)31(40)22-29/h1-19,21,24-26,35-36,44-45H,20,22-23H2,(H,42,47)(H,43,46);2-16,18,20-23,30,32,39-40H,17,19H2,1H3,(H,37,42)(H,38,41). The molecule has 89 heavy (non-hydrogen) atoms. The van der Waals surface area contributed by atoms with Crippen molar-refractivity contribution >= 4 is 45.4 Å². The normalized spacial score (nSPS) is 12.1. The predicted octanol–water partition coefficient (Wildman–Crippen LogP) is 12.4. The fraction of sp³-hybridized carbons (Fsp3) is 0.147. The number of hydrogen-bond acceptors (Lipinski definition) is 10. The van der Waals surface area contributed by atoms with E-state index in [0.29, 0.717) is 48.1 Å². The molecule has 3 atom stereocenters. The van der Waals surface area contributed by atoms with Gasteiger partial charge >= 0.3 is 0 Å². The summed E-state index contributed by atoms with van der Waals surface area (Å²) in [6.45, 7) is 2.25. The molecule has 0 spiro atoms. The van der Waals surface area contributed by atoms with Gasteiger partial charge in [0.05, 0.1) is 6.10 Å². The number of rotatable bonds is 21. The molecule has 4 amide bonds. The molecule has 2 aromatic heterocycles. The number of amides is 4. The van der Waals surface area contributed by atoms with Gasteiger partial charge in [0, 0.05) is 65.6 Å². The summed E-state index contributed by atoms with van der Waals surface area (Å²) in [6, 6.07) is 73.6. The number of carbonyl (C=O) groups is 4. The van der Waals surface area contributed by atoms with Crippen LogP contribution in [0.2, 0.25) is 0 Å². The molecular weight excluding hydrogens is 1110 g/mol. The van der Waals surface area contributed by atoms with E-state index in [2.05, 4.69) is 79.8 Å². The zero-order valence-electron chi connectivity index (χ0n) is 49.0. The number of benzene rings is 9. The van der Waals surface area contributed by atoms with Crippen LogP contribution in [0.25, 0.3) is 44.1 Å². The highest BCUT2D eigenvalue weighted by atomic mass is 16.3. The van der Waals surface area contributed by atoms with Crippen molar-refractivity contribution in [3.05, 3.63) is 294 Å². The number of nitrogens with zero attached hydrogens (tertiary/aromatic N) is 2. The van der Waals surface area contributed by atoms with E-state index in [1.54, 1.807) is 97.3 Å². The average Bonchev–Trinajstić information content (AvgIpc) is 1.93. The summed E-state index contributed by atoms with van der Waals surface area (Å²) < 4.78 is 0. The highest BCUT2D eigenvalue weighted by molar-refractivity contribution is 6.00. The minimum absolute atomic E-state index is 0.0468. The largest absolute Gasteiger partial charge is 0.508 e. The minimum Gasteiger partial charge on any atom is -0.508 e. The lowest BCUT2D eigenvalue weighted by Gasteiger charge is -2.23. The Morgan fingerprint density at radius 3 is 1.27 bits per heavy atom.